The largest absolute Gasteiger partial charge is 0.381 e. The summed E-state index contributed by atoms with van der Waals surface area (Å²) in [6.45, 7) is 6.32. The van der Waals surface area contributed by atoms with Crippen LogP contribution in [-0.4, -0.2) is 32.2 Å². The highest BCUT2D eigenvalue weighted by Gasteiger charge is 1.93. The number of ether oxygens (including phenoxy) is 1. The van der Waals surface area contributed by atoms with Gasteiger partial charge in [0.2, 0.25) is 5.91 Å². The van der Waals surface area contributed by atoms with Crippen molar-refractivity contribution in [2.45, 2.75) is 25.7 Å². The molecule has 0 unspecified atom stereocenters. The summed E-state index contributed by atoms with van der Waals surface area (Å²) in [6, 6.07) is 0. The van der Waals surface area contributed by atoms with Crippen molar-refractivity contribution in [2.75, 3.05) is 26.3 Å². The lowest BCUT2D eigenvalue weighted by Crippen LogP contribution is -2.21. The molecule has 0 aliphatic heterocycles. The molecule has 0 aromatic heterocycles. The molecule has 0 aliphatic rings. The van der Waals surface area contributed by atoms with Crippen LogP contribution in [0.3, 0.4) is 0 Å². The monoisotopic (exact) mass is 214 g/mol. The van der Waals surface area contributed by atoms with E-state index in [1.165, 1.54) is 6.08 Å². The maximum Gasteiger partial charge on any atom is 0.243 e. The van der Waals surface area contributed by atoms with Gasteiger partial charge in [0.1, 0.15) is 0 Å². The van der Waals surface area contributed by atoms with Crippen molar-refractivity contribution < 1.29 is 9.53 Å². The zero-order valence-corrected chi connectivity index (χ0v) is 9.34. The molecular weight excluding hydrogens is 192 g/mol. The Balaban J connectivity index is 2.98. The van der Waals surface area contributed by atoms with Crippen LogP contribution in [-0.2, 0) is 9.53 Å². The van der Waals surface area contributed by atoms with E-state index in [-0.39, 0.29) is 5.91 Å². The first-order valence-corrected chi connectivity index (χ1v) is 5.49. The van der Waals surface area contributed by atoms with Gasteiger partial charge in [-0.2, -0.15) is 0 Å². The van der Waals surface area contributed by atoms with Crippen LogP contribution in [0.4, 0.5) is 0 Å². The van der Waals surface area contributed by atoms with E-state index in [1.807, 2.05) is 0 Å². The number of nitrogens with one attached hydrogen (secondary N) is 1. The van der Waals surface area contributed by atoms with Gasteiger partial charge in [-0.1, -0.05) is 6.58 Å². The molecule has 0 heterocycles. The highest BCUT2D eigenvalue weighted by Crippen LogP contribution is 1.95. The average Bonchev–Trinajstić information content (AvgIpc) is 2.26. The molecular formula is C11H22N2O2. The Bertz CT molecular complexity index is 172. The quantitative estimate of drug-likeness (QED) is 0.418. The van der Waals surface area contributed by atoms with Crippen LogP contribution in [0.1, 0.15) is 25.7 Å². The fourth-order valence-electron chi connectivity index (χ4n) is 1.08. The van der Waals surface area contributed by atoms with Gasteiger partial charge >= 0.3 is 0 Å². The Labute approximate surface area is 91.9 Å². The number of unbranched alkanes of at least 4 members (excludes halogenated alkanes) is 2. The predicted molar refractivity (Wildman–Crippen MR) is 61.5 cm³/mol. The first kappa shape index (κ1) is 14.1. The molecule has 0 aliphatic carbocycles. The molecule has 4 nitrogen and oxygen atoms in total. The van der Waals surface area contributed by atoms with Gasteiger partial charge in [0, 0.05) is 19.8 Å². The number of nitrogens with two attached hydrogens (primary N) is 1. The van der Waals surface area contributed by atoms with Crippen molar-refractivity contribution in [1.82, 2.24) is 5.32 Å². The highest BCUT2D eigenvalue weighted by atomic mass is 16.5. The summed E-state index contributed by atoms with van der Waals surface area (Å²) < 4.78 is 5.34. The second-order valence-electron chi connectivity index (χ2n) is 3.31. The lowest BCUT2D eigenvalue weighted by Gasteiger charge is -2.03. The van der Waals surface area contributed by atoms with E-state index in [4.69, 9.17) is 10.5 Å². The summed E-state index contributed by atoms with van der Waals surface area (Å²) in [5.41, 5.74) is 5.32. The second kappa shape index (κ2) is 11.2. The third-order valence-corrected chi connectivity index (χ3v) is 1.94. The average molecular weight is 214 g/mol. The van der Waals surface area contributed by atoms with Crippen molar-refractivity contribution >= 4 is 5.91 Å². The fraction of sp³-hybridized carbons (Fsp3) is 0.727. The van der Waals surface area contributed by atoms with E-state index in [0.29, 0.717) is 13.1 Å². The molecule has 0 aromatic rings. The minimum Gasteiger partial charge on any atom is -0.381 e. The van der Waals surface area contributed by atoms with Crippen LogP contribution < -0.4 is 11.1 Å². The lowest BCUT2D eigenvalue weighted by molar-refractivity contribution is -0.116. The predicted octanol–water partition coefficient (Wildman–Crippen LogP) is 0.824. The van der Waals surface area contributed by atoms with Crippen LogP contribution >= 0.6 is 0 Å². The number of amides is 1. The smallest absolute Gasteiger partial charge is 0.243 e. The standard InChI is InChI=1S/C11H22N2O2/c1-2-11(14)13-8-4-3-5-9-15-10-6-7-12/h2H,1,3-10,12H2,(H,13,14). The van der Waals surface area contributed by atoms with Crippen LogP contribution in [0.2, 0.25) is 0 Å². The fourth-order valence-corrected chi connectivity index (χ4v) is 1.08. The molecule has 88 valence electrons. The summed E-state index contributed by atoms with van der Waals surface area (Å²) >= 11 is 0. The molecule has 0 spiro atoms. The molecule has 0 bridgehead atoms. The van der Waals surface area contributed by atoms with Gasteiger partial charge in [-0.3, -0.25) is 4.79 Å². The Kier molecular flexibility index (Phi) is 10.6. The zero-order valence-electron chi connectivity index (χ0n) is 9.34. The number of hydrogen-bond acceptors (Lipinski definition) is 3. The Morgan fingerprint density at radius 3 is 2.67 bits per heavy atom. The summed E-state index contributed by atoms with van der Waals surface area (Å²) in [5.74, 6) is -0.103. The third kappa shape index (κ3) is 11.1. The van der Waals surface area contributed by atoms with Gasteiger partial charge in [-0.05, 0) is 38.3 Å². The number of carbonyl (C=O) groups excluding carboxylic acids is 1. The molecule has 0 saturated heterocycles. The van der Waals surface area contributed by atoms with Crippen LogP contribution in [0.15, 0.2) is 12.7 Å². The topological polar surface area (TPSA) is 64.3 Å². The summed E-state index contributed by atoms with van der Waals surface area (Å²) in [6.07, 6.45) is 5.31. The Morgan fingerprint density at radius 2 is 2.00 bits per heavy atom. The van der Waals surface area contributed by atoms with E-state index in [9.17, 15) is 4.79 Å². The van der Waals surface area contributed by atoms with Gasteiger partial charge in [-0.15, -0.1) is 0 Å². The number of carbonyl (C=O) groups is 1. The van der Waals surface area contributed by atoms with Crippen molar-refractivity contribution in [2.24, 2.45) is 5.73 Å². The molecule has 0 atom stereocenters. The van der Waals surface area contributed by atoms with Crippen LogP contribution in [0.5, 0.6) is 0 Å². The zero-order chi connectivity index (χ0) is 11.4. The molecule has 15 heavy (non-hydrogen) atoms. The molecule has 0 rings (SSSR count). The molecule has 0 radical (unpaired) electrons. The van der Waals surface area contributed by atoms with E-state index < -0.39 is 0 Å². The van der Waals surface area contributed by atoms with E-state index >= 15 is 0 Å². The summed E-state index contributed by atoms with van der Waals surface area (Å²) in [7, 11) is 0. The minimum atomic E-state index is -0.103. The molecule has 0 aromatic carbocycles. The van der Waals surface area contributed by atoms with E-state index in [2.05, 4.69) is 11.9 Å². The van der Waals surface area contributed by atoms with Gasteiger partial charge in [0.05, 0.1) is 0 Å². The third-order valence-electron chi connectivity index (χ3n) is 1.94. The Hall–Kier alpha value is -0.870. The van der Waals surface area contributed by atoms with Crippen molar-refractivity contribution in [3.8, 4) is 0 Å². The second-order valence-corrected chi connectivity index (χ2v) is 3.31. The van der Waals surface area contributed by atoms with Gasteiger partial charge in [0.15, 0.2) is 0 Å². The normalized spacial score (nSPS) is 9.93. The minimum absolute atomic E-state index is 0.103. The van der Waals surface area contributed by atoms with E-state index in [1.54, 1.807) is 0 Å². The molecule has 3 N–H and O–H groups in total. The lowest BCUT2D eigenvalue weighted by atomic mass is 10.2. The van der Waals surface area contributed by atoms with Crippen molar-refractivity contribution in [1.29, 1.82) is 0 Å². The maximum absolute atomic E-state index is 10.8. The molecule has 0 fully saturated rings. The number of rotatable bonds is 10. The number of hydrogen-bond donors (Lipinski definition) is 2. The molecule has 1 amide bonds. The van der Waals surface area contributed by atoms with Gasteiger partial charge in [-0.25, -0.2) is 0 Å². The highest BCUT2D eigenvalue weighted by molar-refractivity contribution is 5.86. The van der Waals surface area contributed by atoms with Crippen LogP contribution in [0.25, 0.3) is 0 Å². The first-order chi connectivity index (χ1) is 7.31. The first-order valence-electron chi connectivity index (χ1n) is 5.49. The van der Waals surface area contributed by atoms with Gasteiger partial charge in [0.25, 0.3) is 0 Å². The summed E-state index contributed by atoms with van der Waals surface area (Å²) in [4.78, 5) is 10.8. The maximum atomic E-state index is 10.8. The van der Waals surface area contributed by atoms with Crippen molar-refractivity contribution in [3.63, 3.8) is 0 Å². The summed E-state index contributed by atoms with van der Waals surface area (Å²) in [5, 5.41) is 2.73. The molecule has 0 saturated carbocycles. The van der Waals surface area contributed by atoms with Crippen molar-refractivity contribution in [3.05, 3.63) is 12.7 Å². The SMILES string of the molecule is C=CC(=O)NCCCCCOCCCN. The Morgan fingerprint density at radius 1 is 1.27 bits per heavy atom. The van der Waals surface area contributed by atoms with Crippen LogP contribution in [0, 0.1) is 0 Å². The molecule has 4 heteroatoms. The van der Waals surface area contributed by atoms with E-state index in [0.717, 1.165) is 38.9 Å². The van der Waals surface area contributed by atoms with Gasteiger partial charge < -0.3 is 15.8 Å².